The predicted octanol–water partition coefficient (Wildman–Crippen LogP) is 3.16. The molecule has 0 aliphatic carbocycles. The van der Waals surface area contributed by atoms with Crippen LogP contribution in [0.1, 0.15) is 5.56 Å². The van der Waals surface area contributed by atoms with E-state index >= 15 is 0 Å². The Kier molecular flexibility index (Phi) is 2.50. The van der Waals surface area contributed by atoms with Crippen molar-refractivity contribution in [2.75, 3.05) is 12.4 Å². The van der Waals surface area contributed by atoms with E-state index in [1.807, 2.05) is 13.2 Å². The monoisotopic (exact) mass is 204 g/mol. The summed E-state index contributed by atoms with van der Waals surface area (Å²) >= 11 is 1.67. The van der Waals surface area contributed by atoms with Gasteiger partial charge >= 0.3 is 0 Å². The minimum absolute atomic E-state index is 0.960. The molecule has 72 valence electrons. The molecule has 2 aromatic rings. The van der Waals surface area contributed by atoms with Crippen LogP contribution in [0.15, 0.2) is 30.5 Å². The van der Waals surface area contributed by atoms with Crippen molar-refractivity contribution in [3.63, 3.8) is 0 Å². The number of hydrogen-bond acceptors (Lipinski definition) is 3. The summed E-state index contributed by atoms with van der Waals surface area (Å²) in [6.45, 7) is 2.10. The second-order valence-corrected chi connectivity index (χ2v) is 4.18. The average Bonchev–Trinajstić information content (AvgIpc) is 2.66. The smallest absolute Gasteiger partial charge is 0.182 e. The third-order valence-corrected chi connectivity index (χ3v) is 3.09. The Bertz CT molecular complexity index is 434. The minimum Gasteiger partial charge on any atom is -0.365 e. The molecule has 1 N–H and O–H groups in total. The van der Waals surface area contributed by atoms with E-state index < -0.39 is 0 Å². The van der Waals surface area contributed by atoms with Gasteiger partial charge in [0.05, 0.1) is 4.88 Å². The zero-order chi connectivity index (χ0) is 9.97. The van der Waals surface area contributed by atoms with Crippen LogP contribution in [0.4, 0.5) is 5.13 Å². The SMILES string of the molecule is CNc1ncc(-c2cccc(C)c2)s1. The molecule has 0 unspecified atom stereocenters. The molecule has 0 saturated heterocycles. The van der Waals surface area contributed by atoms with E-state index in [0.717, 1.165) is 5.13 Å². The van der Waals surface area contributed by atoms with E-state index in [1.54, 1.807) is 11.3 Å². The van der Waals surface area contributed by atoms with Crippen LogP contribution < -0.4 is 5.32 Å². The largest absolute Gasteiger partial charge is 0.365 e. The molecule has 3 heteroatoms. The summed E-state index contributed by atoms with van der Waals surface area (Å²) in [5.41, 5.74) is 2.52. The number of nitrogens with zero attached hydrogens (tertiary/aromatic N) is 1. The molecule has 0 aliphatic heterocycles. The number of benzene rings is 1. The zero-order valence-corrected chi connectivity index (χ0v) is 9.06. The molecule has 0 radical (unpaired) electrons. The van der Waals surface area contributed by atoms with E-state index in [1.165, 1.54) is 16.0 Å². The van der Waals surface area contributed by atoms with Crippen molar-refractivity contribution in [1.82, 2.24) is 4.98 Å². The number of rotatable bonds is 2. The van der Waals surface area contributed by atoms with Crippen molar-refractivity contribution in [3.05, 3.63) is 36.0 Å². The van der Waals surface area contributed by atoms with Crippen LogP contribution in [0.5, 0.6) is 0 Å². The van der Waals surface area contributed by atoms with E-state index in [9.17, 15) is 0 Å². The van der Waals surface area contributed by atoms with Crippen molar-refractivity contribution in [2.45, 2.75) is 6.92 Å². The lowest BCUT2D eigenvalue weighted by Gasteiger charge is -1.97. The number of anilines is 1. The van der Waals surface area contributed by atoms with Gasteiger partial charge in [-0.1, -0.05) is 41.2 Å². The van der Waals surface area contributed by atoms with Crippen molar-refractivity contribution in [3.8, 4) is 10.4 Å². The molecule has 0 fully saturated rings. The van der Waals surface area contributed by atoms with Crippen LogP contribution in [0.25, 0.3) is 10.4 Å². The fourth-order valence-corrected chi connectivity index (χ4v) is 2.09. The highest BCUT2D eigenvalue weighted by molar-refractivity contribution is 7.18. The summed E-state index contributed by atoms with van der Waals surface area (Å²) < 4.78 is 0. The standard InChI is InChI=1S/C11H12N2S/c1-8-4-3-5-9(6-8)10-7-13-11(12-2)14-10/h3-7H,1-2H3,(H,12,13). The lowest BCUT2D eigenvalue weighted by molar-refractivity contribution is 1.37. The molecule has 0 saturated carbocycles. The van der Waals surface area contributed by atoms with Gasteiger partial charge in [0.25, 0.3) is 0 Å². The molecular formula is C11H12N2S. The molecule has 0 aliphatic rings. The molecule has 0 amide bonds. The number of hydrogen-bond donors (Lipinski definition) is 1. The predicted molar refractivity (Wildman–Crippen MR) is 61.8 cm³/mol. The zero-order valence-electron chi connectivity index (χ0n) is 8.24. The molecule has 0 spiro atoms. The lowest BCUT2D eigenvalue weighted by atomic mass is 10.1. The van der Waals surface area contributed by atoms with Gasteiger partial charge in [0, 0.05) is 13.2 Å². The Morgan fingerprint density at radius 1 is 1.36 bits per heavy atom. The van der Waals surface area contributed by atoms with Crippen molar-refractivity contribution in [1.29, 1.82) is 0 Å². The van der Waals surface area contributed by atoms with Gasteiger partial charge in [0.1, 0.15) is 0 Å². The third kappa shape index (κ3) is 1.77. The van der Waals surface area contributed by atoms with Gasteiger partial charge in [-0.15, -0.1) is 0 Å². The van der Waals surface area contributed by atoms with Crippen LogP contribution in [-0.4, -0.2) is 12.0 Å². The first-order chi connectivity index (χ1) is 6.79. The average molecular weight is 204 g/mol. The van der Waals surface area contributed by atoms with Crippen molar-refractivity contribution < 1.29 is 0 Å². The van der Waals surface area contributed by atoms with Gasteiger partial charge in [-0.25, -0.2) is 4.98 Å². The number of nitrogens with one attached hydrogen (secondary N) is 1. The Morgan fingerprint density at radius 3 is 2.86 bits per heavy atom. The molecule has 2 rings (SSSR count). The summed E-state index contributed by atoms with van der Waals surface area (Å²) in [7, 11) is 1.89. The van der Waals surface area contributed by atoms with E-state index in [0.29, 0.717) is 0 Å². The van der Waals surface area contributed by atoms with Crippen molar-refractivity contribution >= 4 is 16.5 Å². The molecule has 0 atom stereocenters. The van der Waals surface area contributed by atoms with Crippen LogP contribution in [0.3, 0.4) is 0 Å². The van der Waals surface area contributed by atoms with Gasteiger partial charge in [-0.2, -0.15) is 0 Å². The highest BCUT2D eigenvalue weighted by atomic mass is 32.1. The van der Waals surface area contributed by atoms with Gasteiger partial charge in [-0.3, -0.25) is 0 Å². The summed E-state index contributed by atoms with van der Waals surface area (Å²) in [5.74, 6) is 0. The van der Waals surface area contributed by atoms with Crippen molar-refractivity contribution in [2.24, 2.45) is 0 Å². The molecule has 1 aromatic heterocycles. The highest BCUT2D eigenvalue weighted by Gasteiger charge is 2.02. The van der Waals surface area contributed by atoms with E-state index in [2.05, 4.69) is 41.5 Å². The summed E-state index contributed by atoms with van der Waals surface area (Å²) in [4.78, 5) is 5.45. The number of aryl methyl sites for hydroxylation is 1. The van der Waals surface area contributed by atoms with Crippen LogP contribution in [-0.2, 0) is 0 Å². The van der Waals surface area contributed by atoms with Crippen LogP contribution >= 0.6 is 11.3 Å². The van der Waals surface area contributed by atoms with Crippen LogP contribution in [0, 0.1) is 6.92 Å². The van der Waals surface area contributed by atoms with E-state index in [4.69, 9.17) is 0 Å². The summed E-state index contributed by atoms with van der Waals surface area (Å²) in [6, 6.07) is 8.46. The maximum Gasteiger partial charge on any atom is 0.182 e. The van der Waals surface area contributed by atoms with Gasteiger partial charge in [0.2, 0.25) is 0 Å². The molecule has 0 bridgehead atoms. The van der Waals surface area contributed by atoms with E-state index in [-0.39, 0.29) is 0 Å². The van der Waals surface area contributed by atoms with Gasteiger partial charge in [0.15, 0.2) is 5.13 Å². The maximum absolute atomic E-state index is 4.25. The van der Waals surface area contributed by atoms with Gasteiger partial charge in [-0.05, 0) is 12.5 Å². The van der Waals surface area contributed by atoms with Gasteiger partial charge < -0.3 is 5.32 Å². The first kappa shape index (κ1) is 9.21. The first-order valence-electron chi connectivity index (χ1n) is 4.50. The molecule has 14 heavy (non-hydrogen) atoms. The Morgan fingerprint density at radius 2 is 2.21 bits per heavy atom. The Hall–Kier alpha value is -1.35. The highest BCUT2D eigenvalue weighted by Crippen LogP contribution is 2.28. The molecule has 2 nitrogen and oxygen atoms in total. The molecule has 1 aromatic carbocycles. The molecular weight excluding hydrogens is 192 g/mol. The summed E-state index contributed by atoms with van der Waals surface area (Å²) in [6.07, 6.45) is 1.91. The quantitative estimate of drug-likeness (QED) is 0.812. The third-order valence-electron chi connectivity index (χ3n) is 2.02. The number of aromatic nitrogens is 1. The normalized spacial score (nSPS) is 10.1. The Labute approximate surface area is 87.6 Å². The number of thiazole rings is 1. The fourth-order valence-electron chi connectivity index (χ4n) is 1.32. The first-order valence-corrected chi connectivity index (χ1v) is 5.32. The summed E-state index contributed by atoms with van der Waals surface area (Å²) in [5, 5.41) is 4.00. The molecule has 1 heterocycles. The fraction of sp³-hybridized carbons (Fsp3) is 0.182. The Balaban J connectivity index is 2.39. The van der Waals surface area contributed by atoms with Crippen LogP contribution in [0.2, 0.25) is 0 Å². The lowest BCUT2D eigenvalue weighted by Crippen LogP contribution is -1.83. The maximum atomic E-state index is 4.25. The second kappa shape index (κ2) is 3.80. The second-order valence-electron chi connectivity index (χ2n) is 3.15. The minimum atomic E-state index is 0.960. The topological polar surface area (TPSA) is 24.9 Å².